The summed E-state index contributed by atoms with van der Waals surface area (Å²) in [5.74, 6) is -0.316. The van der Waals surface area contributed by atoms with Gasteiger partial charge >= 0.3 is 0 Å². The lowest BCUT2D eigenvalue weighted by molar-refractivity contribution is 0.0936. The van der Waals surface area contributed by atoms with Gasteiger partial charge in [0.2, 0.25) is 0 Å². The first-order valence-electron chi connectivity index (χ1n) is 7.95. The van der Waals surface area contributed by atoms with Crippen LogP contribution in [-0.2, 0) is 12.8 Å². The highest BCUT2D eigenvalue weighted by Crippen LogP contribution is 2.28. The van der Waals surface area contributed by atoms with Gasteiger partial charge in [0.05, 0.1) is 0 Å². The van der Waals surface area contributed by atoms with Crippen LogP contribution in [0.3, 0.4) is 0 Å². The van der Waals surface area contributed by atoms with Gasteiger partial charge in [0.1, 0.15) is 5.56 Å². The summed E-state index contributed by atoms with van der Waals surface area (Å²) in [6.07, 6.45) is 7.48. The third-order valence-corrected chi connectivity index (χ3v) is 5.30. The second-order valence-corrected chi connectivity index (χ2v) is 7.00. The van der Waals surface area contributed by atoms with E-state index >= 15 is 0 Å². The van der Waals surface area contributed by atoms with Crippen LogP contribution in [-0.4, -0.2) is 21.3 Å². The Kier molecular flexibility index (Phi) is 4.29. The summed E-state index contributed by atoms with van der Waals surface area (Å²) in [4.78, 5) is 31.3. The van der Waals surface area contributed by atoms with Crippen molar-refractivity contribution in [3.63, 3.8) is 0 Å². The van der Waals surface area contributed by atoms with Gasteiger partial charge in [-0.05, 0) is 39.0 Å². The van der Waals surface area contributed by atoms with Crippen LogP contribution in [0.25, 0.3) is 4.96 Å². The third kappa shape index (κ3) is 2.67. The first kappa shape index (κ1) is 15.2. The number of rotatable bonds is 4. The zero-order valence-corrected chi connectivity index (χ0v) is 13.8. The van der Waals surface area contributed by atoms with Crippen LogP contribution in [0.2, 0.25) is 0 Å². The first-order valence-corrected chi connectivity index (χ1v) is 8.76. The van der Waals surface area contributed by atoms with E-state index in [1.165, 1.54) is 11.1 Å². The maximum absolute atomic E-state index is 12.7. The number of hydrogen-bond donors (Lipinski definition) is 1. The summed E-state index contributed by atoms with van der Waals surface area (Å²) >= 11 is 1.58. The van der Waals surface area contributed by atoms with Gasteiger partial charge in [-0.1, -0.05) is 13.3 Å². The minimum Gasteiger partial charge on any atom is -0.349 e. The maximum Gasteiger partial charge on any atom is 0.271 e. The van der Waals surface area contributed by atoms with E-state index in [-0.39, 0.29) is 23.1 Å². The topological polar surface area (TPSA) is 63.5 Å². The van der Waals surface area contributed by atoms with Crippen molar-refractivity contribution in [1.82, 2.24) is 14.7 Å². The second kappa shape index (κ2) is 6.20. The molecule has 1 aliphatic rings. The number of nitrogens with zero attached hydrogens (tertiary/aromatic N) is 2. The highest BCUT2D eigenvalue weighted by Gasteiger charge is 2.21. The van der Waals surface area contributed by atoms with E-state index in [2.05, 4.69) is 17.2 Å². The molecule has 0 aromatic carbocycles. The molecule has 0 spiro atoms. The lowest BCUT2D eigenvalue weighted by atomic mass is 10.0. The summed E-state index contributed by atoms with van der Waals surface area (Å²) in [6.45, 7) is 4.03. The number of aromatic nitrogens is 2. The predicted octanol–water partition coefficient (Wildman–Crippen LogP) is 2.55. The number of nitrogens with one attached hydrogen (secondary N) is 1. The van der Waals surface area contributed by atoms with Crippen LogP contribution in [0.4, 0.5) is 0 Å². The molecule has 5 nitrogen and oxygen atoms in total. The molecule has 2 heterocycles. The van der Waals surface area contributed by atoms with E-state index in [9.17, 15) is 9.59 Å². The SMILES string of the molecule is CCCC(C)NC(=O)c1cnc2sc3c(n2c1=O)CCCC3. The van der Waals surface area contributed by atoms with Gasteiger partial charge in [-0.15, -0.1) is 11.3 Å². The highest BCUT2D eigenvalue weighted by molar-refractivity contribution is 7.17. The van der Waals surface area contributed by atoms with E-state index in [4.69, 9.17) is 0 Å². The molecule has 0 aliphatic heterocycles. The molecular formula is C16H21N3O2S. The van der Waals surface area contributed by atoms with Gasteiger partial charge in [-0.2, -0.15) is 0 Å². The minimum absolute atomic E-state index is 0.0639. The van der Waals surface area contributed by atoms with Gasteiger partial charge in [0.25, 0.3) is 11.5 Å². The molecule has 0 saturated heterocycles. The summed E-state index contributed by atoms with van der Waals surface area (Å²) in [5.41, 5.74) is 0.970. The molecule has 0 saturated carbocycles. The number of thiazole rings is 1. The Bertz CT molecular complexity index is 763. The van der Waals surface area contributed by atoms with Crippen LogP contribution in [0.1, 0.15) is 60.5 Å². The van der Waals surface area contributed by atoms with Crippen LogP contribution in [0.15, 0.2) is 11.0 Å². The van der Waals surface area contributed by atoms with Crippen LogP contribution >= 0.6 is 11.3 Å². The molecule has 0 bridgehead atoms. The van der Waals surface area contributed by atoms with E-state index < -0.39 is 0 Å². The van der Waals surface area contributed by atoms with Crippen molar-refractivity contribution in [1.29, 1.82) is 0 Å². The maximum atomic E-state index is 12.7. The smallest absolute Gasteiger partial charge is 0.271 e. The Morgan fingerprint density at radius 1 is 1.45 bits per heavy atom. The van der Waals surface area contributed by atoms with Gasteiger partial charge < -0.3 is 5.32 Å². The van der Waals surface area contributed by atoms with Crippen molar-refractivity contribution in [2.24, 2.45) is 0 Å². The van der Waals surface area contributed by atoms with Crippen LogP contribution in [0, 0.1) is 0 Å². The number of amides is 1. The van der Waals surface area contributed by atoms with Gasteiger partial charge in [-0.25, -0.2) is 4.98 Å². The van der Waals surface area contributed by atoms with Crippen molar-refractivity contribution in [2.75, 3.05) is 0 Å². The number of hydrogen-bond acceptors (Lipinski definition) is 4. The Labute approximate surface area is 133 Å². The van der Waals surface area contributed by atoms with Gasteiger partial charge in [-0.3, -0.25) is 14.0 Å². The van der Waals surface area contributed by atoms with Crippen molar-refractivity contribution in [3.05, 3.63) is 32.7 Å². The van der Waals surface area contributed by atoms with Crippen LogP contribution < -0.4 is 10.9 Å². The average Bonchev–Trinajstić information content (AvgIpc) is 2.86. The van der Waals surface area contributed by atoms with Crippen molar-refractivity contribution in [3.8, 4) is 0 Å². The fourth-order valence-electron chi connectivity index (χ4n) is 3.03. The third-order valence-electron chi connectivity index (χ3n) is 4.15. The first-order chi connectivity index (χ1) is 10.6. The molecule has 6 heteroatoms. The quantitative estimate of drug-likeness (QED) is 0.942. The normalized spacial score (nSPS) is 15.5. The predicted molar refractivity (Wildman–Crippen MR) is 87.8 cm³/mol. The fourth-order valence-corrected chi connectivity index (χ4v) is 4.20. The van der Waals surface area contributed by atoms with Crippen molar-refractivity contribution in [2.45, 2.75) is 58.4 Å². The standard InChI is InChI=1S/C16H21N3O2S/c1-3-6-10(2)18-14(20)11-9-17-16-19(15(11)21)12-7-4-5-8-13(12)22-16/h9-10H,3-8H2,1-2H3,(H,18,20). The zero-order valence-electron chi connectivity index (χ0n) is 13.0. The highest BCUT2D eigenvalue weighted by atomic mass is 32.1. The summed E-state index contributed by atoms with van der Waals surface area (Å²) in [5, 5.41) is 2.89. The number of carbonyl (C=O) groups excluding carboxylic acids is 1. The summed E-state index contributed by atoms with van der Waals surface area (Å²) in [7, 11) is 0. The van der Waals surface area contributed by atoms with Gasteiger partial charge in [0, 0.05) is 22.8 Å². The molecule has 1 amide bonds. The molecule has 22 heavy (non-hydrogen) atoms. The summed E-state index contributed by atoms with van der Waals surface area (Å²) in [6, 6.07) is 0.0639. The molecule has 1 atom stereocenters. The molecule has 2 aromatic rings. The molecule has 1 unspecified atom stereocenters. The molecule has 1 aliphatic carbocycles. The summed E-state index contributed by atoms with van der Waals surface area (Å²) < 4.78 is 1.65. The molecule has 2 aromatic heterocycles. The number of fused-ring (bicyclic) bond motifs is 3. The lowest BCUT2D eigenvalue weighted by Gasteiger charge is -2.13. The van der Waals surface area contributed by atoms with E-state index in [1.807, 2.05) is 6.92 Å². The van der Waals surface area contributed by atoms with E-state index in [1.54, 1.807) is 15.7 Å². The number of carbonyl (C=O) groups is 1. The lowest BCUT2D eigenvalue weighted by Crippen LogP contribution is -2.37. The number of aryl methyl sites for hydroxylation is 2. The molecule has 0 fully saturated rings. The zero-order chi connectivity index (χ0) is 15.7. The Morgan fingerprint density at radius 3 is 3.00 bits per heavy atom. The van der Waals surface area contributed by atoms with E-state index in [0.717, 1.165) is 44.2 Å². The average molecular weight is 319 g/mol. The Hall–Kier alpha value is -1.69. The Morgan fingerprint density at radius 2 is 2.23 bits per heavy atom. The molecule has 118 valence electrons. The van der Waals surface area contributed by atoms with E-state index in [0.29, 0.717) is 4.96 Å². The van der Waals surface area contributed by atoms with Crippen molar-refractivity contribution >= 4 is 22.2 Å². The molecule has 3 rings (SSSR count). The Balaban J connectivity index is 1.99. The second-order valence-electron chi connectivity index (χ2n) is 5.94. The van der Waals surface area contributed by atoms with Crippen LogP contribution in [0.5, 0.6) is 0 Å². The van der Waals surface area contributed by atoms with Gasteiger partial charge in [0.15, 0.2) is 4.96 Å². The molecule has 1 N–H and O–H groups in total. The monoisotopic (exact) mass is 319 g/mol. The molecule has 0 radical (unpaired) electrons. The molecular weight excluding hydrogens is 298 g/mol. The fraction of sp³-hybridized carbons (Fsp3) is 0.562. The largest absolute Gasteiger partial charge is 0.349 e. The minimum atomic E-state index is -0.316. The van der Waals surface area contributed by atoms with Crippen molar-refractivity contribution < 1.29 is 4.79 Å².